The van der Waals surface area contributed by atoms with Gasteiger partial charge in [0.2, 0.25) is 11.8 Å². The molecule has 0 bridgehead atoms. The summed E-state index contributed by atoms with van der Waals surface area (Å²) in [6, 6.07) is 9.81. The van der Waals surface area contributed by atoms with E-state index in [1.807, 2.05) is 42.6 Å². The van der Waals surface area contributed by atoms with Crippen molar-refractivity contribution in [2.45, 2.75) is 13.0 Å². The number of hydrogen-bond acceptors (Lipinski definition) is 4. The SMILES string of the molecule is C=CC(=O)N1CC(C(=O)NC(C)c2csc(-c3ccccc3)n2)C1. The number of carbonyl (C=O) groups is 2. The molecule has 5 nitrogen and oxygen atoms in total. The minimum Gasteiger partial charge on any atom is -0.348 e. The van der Waals surface area contributed by atoms with Crippen molar-refractivity contribution in [2.24, 2.45) is 5.92 Å². The minimum absolute atomic E-state index is 0.0372. The molecular weight excluding hydrogens is 322 g/mol. The summed E-state index contributed by atoms with van der Waals surface area (Å²) in [6.07, 6.45) is 1.27. The molecule has 1 aliphatic heterocycles. The Kier molecular flexibility index (Phi) is 4.76. The zero-order valence-electron chi connectivity index (χ0n) is 13.4. The lowest BCUT2D eigenvalue weighted by molar-refractivity contribution is -0.139. The average Bonchev–Trinajstić information content (AvgIpc) is 3.04. The summed E-state index contributed by atoms with van der Waals surface area (Å²) in [5.41, 5.74) is 1.93. The predicted molar refractivity (Wildman–Crippen MR) is 94.4 cm³/mol. The van der Waals surface area contributed by atoms with Crippen LogP contribution in [0.3, 0.4) is 0 Å². The Labute approximate surface area is 145 Å². The molecule has 1 saturated heterocycles. The van der Waals surface area contributed by atoms with E-state index in [1.54, 1.807) is 16.2 Å². The number of nitrogens with zero attached hydrogens (tertiary/aromatic N) is 2. The molecule has 6 heteroatoms. The van der Waals surface area contributed by atoms with Crippen LogP contribution in [0.25, 0.3) is 10.6 Å². The molecule has 0 aliphatic carbocycles. The van der Waals surface area contributed by atoms with Crippen molar-refractivity contribution in [3.05, 3.63) is 54.1 Å². The molecule has 1 aliphatic rings. The first-order chi connectivity index (χ1) is 11.6. The van der Waals surface area contributed by atoms with Crippen LogP contribution in [0.15, 0.2) is 48.4 Å². The number of aromatic nitrogens is 1. The molecule has 124 valence electrons. The van der Waals surface area contributed by atoms with Crippen molar-refractivity contribution in [2.75, 3.05) is 13.1 Å². The maximum absolute atomic E-state index is 12.2. The second-order valence-corrected chi connectivity index (χ2v) is 6.68. The van der Waals surface area contributed by atoms with Crippen LogP contribution in [0.4, 0.5) is 0 Å². The summed E-state index contributed by atoms with van der Waals surface area (Å²) >= 11 is 1.57. The van der Waals surface area contributed by atoms with Gasteiger partial charge in [0.05, 0.1) is 17.7 Å². The first-order valence-electron chi connectivity index (χ1n) is 7.81. The second-order valence-electron chi connectivity index (χ2n) is 5.82. The van der Waals surface area contributed by atoms with Gasteiger partial charge in [0, 0.05) is 24.0 Å². The molecule has 24 heavy (non-hydrogen) atoms. The number of nitrogens with one attached hydrogen (secondary N) is 1. The highest BCUT2D eigenvalue weighted by atomic mass is 32.1. The van der Waals surface area contributed by atoms with Crippen LogP contribution >= 0.6 is 11.3 Å². The molecule has 2 aromatic rings. The fourth-order valence-electron chi connectivity index (χ4n) is 2.56. The van der Waals surface area contributed by atoms with Crippen LogP contribution in [-0.4, -0.2) is 34.8 Å². The third-order valence-electron chi connectivity index (χ3n) is 4.08. The van der Waals surface area contributed by atoms with Gasteiger partial charge in [-0.05, 0) is 13.0 Å². The van der Waals surface area contributed by atoms with Crippen molar-refractivity contribution < 1.29 is 9.59 Å². The van der Waals surface area contributed by atoms with Gasteiger partial charge in [-0.25, -0.2) is 4.98 Å². The van der Waals surface area contributed by atoms with Crippen LogP contribution in [0.2, 0.25) is 0 Å². The highest BCUT2D eigenvalue weighted by molar-refractivity contribution is 7.13. The molecule has 2 heterocycles. The lowest BCUT2D eigenvalue weighted by Crippen LogP contribution is -2.55. The third kappa shape index (κ3) is 3.38. The highest BCUT2D eigenvalue weighted by Gasteiger charge is 2.35. The molecule has 1 aromatic heterocycles. The lowest BCUT2D eigenvalue weighted by Gasteiger charge is -2.37. The third-order valence-corrected chi connectivity index (χ3v) is 4.99. The molecule has 1 unspecified atom stereocenters. The van der Waals surface area contributed by atoms with Gasteiger partial charge in [-0.2, -0.15) is 0 Å². The zero-order valence-corrected chi connectivity index (χ0v) is 14.3. The monoisotopic (exact) mass is 341 g/mol. The number of rotatable bonds is 5. The summed E-state index contributed by atoms with van der Waals surface area (Å²) in [5, 5.41) is 5.90. The molecule has 1 aromatic carbocycles. The Bertz CT molecular complexity index is 751. The van der Waals surface area contributed by atoms with Gasteiger partial charge >= 0.3 is 0 Å². The van der Waals surface area contributed by atoms with Gasteiger partial charge in [0.1, 0.15) is 5.01 Å². The number of amides is 2. The molecule has 3 rings (SSSR count). The van der Waals surface area contributed by atoms with Crippen LogP contribution in [0, 0.1) is 5.92 Å². The van der Waals surface area contributed by atoms with Crippen LogP contribution in [0.1, 0.15) is 18.7 Å². The van der Waals surface area contributed by atoms with Crippen LogP contribution in [0.5, 0.6) is 0 Å². The molecule has 0 saturated carbocycles. The Morgan fingerprint density at radius 2 is 2.08 bits per heavy atom. The van der Waals surface area contributed by atoms with Gasteiger partial charge in [-0.1, -0.05) is 36.9 Å². The summed E-state index contributed by atoms with van der Waals surface area (Å²) in [4.78, 5) is 29.9. The molecule has 1 N–H and O–H groups in total. The van der Waals surface area contributed by atoms with E-state index in [0.29, 0.717) is 13.1 Å². The number of hydrogen-bond donors (Lipinski definition) is 1. The van der Waals surface area contributed by atoms with E-state index in [1.165, 1.54) is 6.08 Å². The summed E-state index contributed by atoms with van der Waals surface area (Å²) in [7, 11) is 0. The number of likely N-dealkylation sites (tertiary alicyclic amines) is 1. The Hall–Kier alpha value is -2.47. The molecule has 1 fully saturated rings. The summed E-state index contributed by atoms with van der Waals surface area (Å²) in [6.45, 7) is 6.28. The number of thiazole rings is 1. The van der Waals surface area contributed by atoms with E-state index in [-0.39, 0.29) is 23.8 Å². The molecule has 1 atom stereocenters. The normalized spacial score (nSPS) is 15.5. The number of carbonyl (C=O) groups excluding carboxylic acids is 2. The van der Waals surface area contributed by atoms with Crippen molar-refractivity contribution in [1.29, 1.82) is 0 Å². The molecule has 0 radical (unpaired) electrons. The largest absolute Gasteiger partial charge is 0.348 e. The fourth-order valence-corrected chi connectivity index (χ4v) is 3.48. The lowest BCUT2D eigenvalue weighted by atomic mass is 9.98. The van der Waals surface area contributed by atoms with Gasteiger partial charge in [0.25, 0.3) is 0 Å². The fraction of sp³-hybridized carbons (Fsp3) is 0.278. The summed E-state index contributed by atoms with van der Waals surface area (Å²) < 4.78 is 0. The first-order valence-corrected chi connectivity index (χ1v) is 8.69. The average molecular weight is 341 g/mol. The van der Waals surface area contributed by atoms with E-state index < -0.39 is 0 Å². The van der Waals surface area contributed by atoms with Crippen molar-refractivity contribution in [1.82, 2.24) is 15.2 Å². The minimum atomic E-state index is -0.157. The maximum atomic E-state index is 12.2. The Morgan fingerprint density at radius 1 is 1.38 bits per heavy atom. The highest BCUT2D eigenvalue weighted by Crippen LogP contribution is 2.26. The van der Waals surface area contributed by atoms with E-state index in [2.05, 4.69) is 16.9 Å². The summed E-state index contributed by atoms with van der Waals surface area (Å²) in [5.74, 6) is -0.312. The first kappa shape index (κ1) is 16.4. The van der Waals surface area contributed by atoms with Gasteiger partial charge in [0.15, 0.2) is 0 Å². The number of benzene rings is 1. The Balaban J connectivity index is 1.57. The topological polar surface area (TPSA) is 62.3 Å². The molecular formula is C18H19N3O2S. The molecule has 0 spiro atoms. The van der Waals surface area contributed by atoms with E-state index in [9.17, 15) is 9.59 Å². The maximum Gasteiger partial charge on any atom is 0.246 e. The standard InChI is InChI=1S/C18H19N3O2S/c1-3-16(22)21-9-14(10-21)17(23)19-12(2)15-11-24-18(20-15)13-7-5-4-6-8-13/h3-8,11-12,14H,1,9-10H2,2H3,(H,19,23). The van der Waals surface area contributed by atoms with Crippen LogP contribution in [-0.2, 0) is 9.59 Å². The van der Waals surface area contributed by atoms with E-state index in [4.69, 9.17) is 0 Å². The van der Waals surface area contributed by atoms with E-state index in [0.717, 1.165) is 16.3 Å². The van der Waals surface area contributed by atoms with E-state index >= 15 is 0 Å². The van der Waals surface area contributed by atoms with Crippen molar-refractivity contribution in [3.8, 4) is 10.6 Å². The van der Waals surface area contributed by atoms with Crippen molar-refractivity contribution >= 4 is 23.2 Å². The van der Waals surface area contributed by atoms with Gasteiger partial charge in [-0.3, -0.25) is 9.59 Å². The molecule has 2 amide bonds. The smallest absolute Gasteiger partial charge is 0.246 e. The Morgan fingerprint density at radius 3 is 2.75 bits per heavy atom. The van der Waals surface area contributed by atoms with Gasteiger partial charge < -0.3 is 10.2 Å². The van der Waals surface area contributed by atoms with Gasteiger partial charge in [-0.15, -0.1) is 11.3 Å². The zero-order chi connectivity index (χ0) is 17.1. The second kappa shape index (κ2) is 6.97. The quantitative estimate of drug-likeness (QED) is 0.851. The predicted octanol–water partition coefficient (Wildman–Crippen LogP) is 2.63. The van der Waals surface area contributed by atoms with Crippen molar-refractivity contribution in [3.63, 3.8) is 0 Å². The van der Waals surface area contributed by atoms with Crippen LogP contribution < -0.4 is 5.32 Å².